The number of amidine groups is 1. The fraction of sp³-hybridized carbons (Fsp3) is 0.875. The minimum absolute atomic E-state index is 0.431. The van der Waals surface area contributed by atoms with Crippen LogP contribution in [-0.2, 0) is 0 Å². The molecule has 0 unspecified atom stereocenters. The van der Waals surface area contributed by atoms with Crippen LogP contribution in [0.4, 0.5) is 0 Å². The highest BCUT2D eigenvalue weighted by Gasteiger charge is 2.01. The minimum Gasteiger partial charge on any atom is -0.302 e. The van der Waals surface area contributed by atoms with Crippen molar-refractivity contribution in [3.63, 3.8) is 0 Å². The molecule has 0 saturated carbocycles. The fourth-order valence-corrected chi connectivity index (χ4v) is 0.827. The molecule has 0 radical (unpaired) electrons. The Balaban J connectivity index is 4.03. The summed E-state index contributed by atoms with van der Waals surface area (Å²) in [7, 11) is 1.81. The molecule has 0 aromatic rings. The van der Waals surface area contributed by atoms with E-state index in [1.165, 1.54) is 0 Å². The standard InChI is InChI=1S/C8H19N3/c1-5-8(6-2)10-7(3)11(4)9/h8H,5-6,9H2,1-4H3. The van der Waals surface area contributed by atoms with Gasteiger partial charge < -0.3 is 5.01 Å². The maximum atomic E-state index is 5.50. The second kappa shape index (κ2) is 5.13. The van der Waals surface area contributed by atoms with Crippen molar-refractivity contribution in [3.05, 3.63) is 0 Å². The molecule has 11 heavy (non-hydrogen) atoms. The van der Waals surface area contributed by atoms with Crippen molar-refractivity contribution < 1.29 is 0 Å². The first-order valence-electron chi connectivity index (χ1n) is 4.14. The molecule has 0 fully saturated rings. The molecule has 0 saturated heterocycles. The fourth-order valence-electron chi connectivity index (χ4n) is 0.827. The van der Waals surface area contributed by atoms with E-state index in [0.717, 1.165) is 18.7 Å². The van der Waals surface area contributed by atoms with Crippen molar-refractivity contribution in [3.8, 4) is 0 Å². The molecule has 0 aromatic heterocycles. The SMILES string of the molecule is CCC(CC)N=C(C)N(C)N. The Morgan fingerprint density at radius 2 is 1.91 bits per heavy atom. The van der Waals surface area contributed by atoms with E-state index in [2.05, 4.69) is 18.8 Å². The van der Waals surface area contributed by atoms with Crippen LogP contribution in [0.2, 0.25) is 0 Å². The van der Waals surface area contributed by atoms with E-state index in [1.54, 1.807) is 12.1 Å². The first-order chi connectivity index (χ1) is 5.11. The second-order valence-electron chi connectivity index (χ2n) is 2.76. The van der Waals surface area contributed by atoms with Gasteiger partial charge in [0.05, 0.1) is 6.04 Å². The Labute approximate surface area is 69.3 Å². The van der Waals surface area contributed by atoms with Crippen molar-refractivity contribution in [2.75, 3.05) is 7.05 Å². The molecule has 0 heterocycles. The van der Waals surface area contributed by atoms with Gasteiger partial charge in [-0.15, -0.1) is 0 Å². The zero-order valence-corrected chi connectivity index (χ0v) is 7.96. The van der Waals surface area contributed by atoms with Gasteiger partial charge in [0, 0.05) is 7.05 Å². The number of rotatable bonds is 3. The summed E-state index contributed by atoms with van der Waals surface area (Å²) in [6.45, 7) is 6.21. The average molecular weight is 157 g/mol. The van der Waals surface area contributed by atoms with Crippen molar-refractivity contribution in [2.45, 2.75) is 39.7 Å². The summed E-state index contributed by atoms with van der Waals surface area (Å²) in [5.74, 6) is 6.40. The predicted molar refractivity (Wildman–Crippen MR) is 49.4 cm³/mol. The summed E-state index contributed by atoms with van der Waals surface area (Å²) < 4.78 is 0. The predicted octanol–water partition coefficient (Wildman–Crippen LogP) is 1.40. The van der Waals surface area contributed by atoms with Crippen LogP contribution in [0.15, 0.2) is 4.99 Å². The third-order valence-corrected chi connectivity index (χ3v) is 1.82. The summed E-state index contributed by atoms with van der Waals surface area (Å²) in [6.07, 6.45) is 2.17. The molecule has 0 spiro atoms. The van der Waals surface area contributed by atoms with Crippen LogP contribution in [0.3, 0.4) is 0 Å². The topological polar surface area (TPSA) is 41.6 Å². The van der Waals surface area contributed by atoms with E-state index in [1.807, 2.05) is 6.92 Å². The lowest BCUT2D eigenvalue weighted by atomic mass is 10.2. The summed E-state index contributed by atoms with van der Waals surface area (Å²) in [6, 6.07) is 0.431. The Hall–Kier alpha value is -0.570. The Bertz CT molecular complexity index is 125. The van der Waals surface area contributed by atoms with Gasteiger partial charge in [-0.25, -0.2) is 5.84 Å². The van der Waals surface area contributed by atoms with E-state index >= 15 is 0 Å². The van der Waals surface area contributed by atoms with Gasteiger partial charge in [0.15, 0.2) is 0 Å². The van der Waals surface area contributed by atoms with Gasteiger partial charge in [0.2, 0.25) is 0 Å². The van der Waals surface area contributed by atoms with Gasteiger partial charge in [0.1, 0.15) is 5.84 Å². The Kier molecular flexibility index (Phi) is 4.86. The van der Waals surface area contributed by atoms with Crippen molar-refractivity contribution in [1.82, 2.24) is 5.01 Å². The molecule has 66 valence electrons. The third-order valence-electron chi connectivity index (χ3n) is 1.82. The molecular weight excluding hydrogens is 138 g/mol. The molecule has 0 aliphatic heterocycles. The number of nitrogens with two attached hydrogens (primary N) is 1. The normalized spacial score (nSPS) is 12.4. The van der Waals surface area contributed by atoms with E-state index in [9.17, 15) is 0 Å². The number of hydrazine groups is 1. The monoisotopic (exact) mass is 157 g/mol. The Morgan fingerprint density at radius 3 is 2.18 bits per heavy atom. The zero-order valence-electron chi connectivity index (χ0n) is 7.96. The van der Waals surface area contributed by atoms with E-state index in [-0.39, 0.29) is 0 Å². The molecule has 0 aromatic carbocycles. The maximum absolute atomic E-state index is 5.50. The van der Waals surface area contributed by atoms with Crippen LogP contribution in [-0.4, -0.2) is 23.9 Å². The molecular formula is C8H19N3. The van der Waals surface area contributed by atoms with E-state index in [4.69, 9.17) is 5.84 Å². The molecule has 0 rings (SSSR count). The van der Waals surface area contributed by atoms with Crippen LogP contribution in [0.25, 0.3) is 0 Å². The van der Waals surface area contributed by atoms with Gasteiger partial charge in [-0.05, 0) is 19.8 Å². The quantitative estimate of drug-likeness (QED) is 0.291. The molecule has 0 aliphatic rings. The summed E-state index contributed by atoms with van der Waals surface area (Å²) >= 11 is 0. The highest BCUT2D eigenvalue weighted by Crippen LogP contribution is 2.02. The molecule has 0 atom stereocenters. The third kappa shape index (κ3) is 3.98. The van der Waals surface area contributed by atoms with Crippen molar-refractivity contribution in [2.24, 2.45) is 10.8 Å². The maximum Gasteiger partial charge on any atom is 0.110 e. The first-order valence-corrected chi connectivity index (χ1v) is 4.14. The number of hydrogen-bond donors (Lipinski definition) is 1. The molecule has 3 nitrogen and oxygen atoms in total. The van der Waals surface area contributed by atoms with E-state index in [0.29, 0.717) is 6.04 Å². The number of nitrogens with zero attached hydrogens (tertiary/aromatic N) is 2. The molecule has 2 N–H and O–H groups in total. The summed E-state index contributed by atoms with van der Waals surface area (Å²) in [5.41, 5.74) is 0. The first kappa shape index (κ1) is 10.4. The van der Waals surface area contributed by atoms with Gasteiger partial charge in [0.25, 0.3) is 0 Å². The van der Waals surface area contributed by atoms with Gasteiger partial charge in [-0.3, -0.25) is 4.99 Å². The molecule has 0 aliphatic carbocycles. The summed E-state index contributed by atoms with van der Waals surface area (Å²) in [4.78, 5) is 4.43. The largest absolute Gasteiger partial charge is 0.302 e. The Morgan fingerprint density at radius 1 is 1.45 bits per heavy atom. The van der Waals surface area contributed by atoms with Crippen molar-refractivity contribution >= 4 is 5.84 Å². The summed E-state index contributed by atoms with van der Waals surface area (Å²) in [5, 5.41) is 1.55. The lowest BCUT2D eigenvalue weighted by molar-refractivity contribution is 0.518. The van der Waals surface area contributed by atoms with Crippen LogP contribution < -0.4 is 5.84 Å². The zero-order chi connectivity index (χ0) is 8.85. The van der Waals surface area contributed by atoms with Crippen LogP contribution in [0.1, 0.15) is 33.6 Å². The molecule has 0 amide bonds. The number of hydrogen-bond acceptors (Lipinski definition) is 2. The van der Waals surface area contributed by atoms with Crippen molar-refractivity contribution in [1.29, 1.82) is 0 Å². The average Bonchev–Trinajstić information content (AvgIpc) is 1.99. The smallest absolute Gasteiger partial charge is 0.110 e. The van der Waals surface area contributed by atoms with Gasteiger partial charge in [-0.1, -0.05) is 13.8 Å². The minimum atomic E-state index is 0.431. The molecule has 0 bridgehead atoms. The lowest BCUT2D eigenvalue weighted by Crippen LogP contribution is -2.32. The van der Waals surface area contributed by atoms with Crippen LogP contribution in [0, 0.1) is 0 Å². The lowest BCUT2D eigenvalue weighted by Gasteiger charge is -2.14. The molecule has 3 heteroatoms. The number of aliphatic imine (C=N–C) groups is 1. The second-order valence-corrected chi connectivity index (χ2v) is 2.76. The van der Waals surface area contributed by atoms with Gasteiger partial charge >= 0.3 is 0 Å². The van der Waals surface area contributed by atoms with Crippen LogP contribution in [0.5, 0.6) is 0 Å². The highest BCUT2D eigenvalue weighted by atomic mass is 15.4. The van der Waals surface area contributed by atoms with Crippen LogP contribution >= 0.6 is 0 Å². The van der Waals surface area contributed by atoms with E-state index < -0.39 is 0 Å². The highest BCUT2D eigenvalue weighted by molar-refractivity contribution is 5.78. The van der Waals surface area contributed by atoms with Gasteiger partial charge in [-0.2, -0.15) is 0 Å².